The molecule has 0 bridgehead atoms. The first-order valence-corrected chi connectivity index (χ1v) is 5.13. The van der Waals surface area contributed by atoms with E-state index in [4.69, 9.17) is 4.74 Å². The molecule has 0 unspecified atom stereocenters. The predicted octanol–water partition coefficient (Wildman–Crippen LogP) is 3.03. The van der Waals surface area contributed by atoms with E-state index < -0.39 is 0 Å². The number of rotatable bonds is 3. The van der Waals surface area contributed by atoms with Crippen LogP contribution in [0.25, 0.3) is 0 Å². The monoisotopic (exact) mass is 254 g/mol. The van der Waals surface area contributed by atoms with E-state index in [1.807, 2.05) is 30.3 Å². The van der Waals surface area contributed by atoms with Crippen molar-refractivity contribution in [2.24, 2.45) is 0 Å². The Balaban J connectivity index is 2.46. The molecule has 0 radical (unpaired) electrons. The number of ether oxygens (including phenoxy) is 1. The van der Waals surface area contributed by atoms with Crippen molar-refractivity contribution < 1.29 is 9.53 Å². The first-order valence-electron chi connectivity index (χ1n) is 4.22. The van der Waals surface area contributed by atoms with Crippen molar-refractivity contribution in [2.75, 3.05) is 0 Å². The Morgan fingerprint density at radius 3 is 2.64 bits per heavy atom. The zero-order chi connectivity index (χ0) is 10.4. The van der Waals surface area contributed by atoms with E-state index >= 15 is 0 Å². The molecule has 2 nitrogen and oxygen atoms in total. The third kappa shape index (κ3) is 3.34. The number of esters is 1. The predicted molar refractivity (Wildman–Crippen MR) is 58.9 cm³/mol. The van der Waals surface area contributed by atoms with Crippen molar-refractivity contribution in [1.29, 1.82) is 0 Å². The van der Waals surface area contributed by atoms with Gasteiger partial charge in [0.2, 0.25) is 0 Å². The van der Waals surface area contributed by atoms with E-state index in [2.05, 4.69) is 15.9 Å². The summed E-state index contributed by atoms with van der Waals surface area (Å²) in [5.74, 6) is -0.300. The largest absolute Gasteiger partial charge is 0.457 e. The zero-order valence-corrected chi connectivity index (χ0v) is 9.45. The van der Waals surface area contributed by atoms with Gasteiger partial charge in [0.05, 0.1) is 0 Å². The Bertz CT molecular complexity index is 330. The maximum absolute atomic E-state index is 11.2. The number of hydrogen-bond donors (Lipinski definition) is 0. The SMILES string of the molecule is CC(=CBr)C(=O)OCc1ccccc1. The summed E-state index contributed by atoms with van der Waals surface area (Å²) in [7, 11) is 0. The average molecular weight is 255 g/mol. The molecule has 0 aliphatic rings. The van der Waals surface area contributed by atoms with Crippen LogP contribution >= 0.6 is 15.9 Å². The summed E-state index contributed by atoms with van der Waals surface area (Å²) in [6, 6.07) is 9.59. The van der Waals surface area contributed by atoms with Gasteiger partial charge < -0.3 is 4.74 Å². The molecule has 1 aromatic carbocycles. The maximum atomic E-state index is 11.2. The molecule has 0 atom stereocenters. The van der Waals surface area contributed by atoms with Crippen molar-refractivity contribution in [2.45, 2.75) is 13.5 Å². The molecule has 1 aromatic rings. The van der Waals surface area contributed by atoms with Crippen LogP contribution in [0.3, 0.4) is 0 Å². The summed E-state index contributed by atoms with van der Waals surface area (Å²) in [5, 5.41) is 0. The van der Waals surface area contributed by atoms with E-state index in [9.17, 15) is 4.79 Å². The molecular formula is C11H11BrO2. The molecule has 0 amide bonds. The van der Waals surface area contributed by atoms with Gasteiger partial charge in [0, 0.05) is 5.57 Å². The molecule has 0 saturated carbocycles. The highest BCUT2D eigenvalue weighted by atomic mass is 79.9. The molecule has 0 N–H and O–H groups in total. The van der Waals surface area contributed by atoms with Gasteiger partial charge in [-0.2, -0.15) is 0 Å². The van der Waals surface area contributed by atoms with Crippen LogP contribution in [0.5, 0.6) is 0 Å². The number of halogens is 1. The molecule has 3 heteroatoms. The summed E-state index contributed by atoms with van der Waals surface area (Å²) in [5.41, 5.74) is 1.55. The standard InChI is InChI=1S/C11H11BrO2/c1-9(7-12)11(13)14-8-10-5-3-2-4-6-10/h2-7H,8H2,1H3. The first kappa shape index (κ1) is 11.0. The van der Waals surface area contributed by atoms with Crippen LogP contribution in [0.4, 0.5) is 0 Å². The van der Waals surface area contributed by atoms with Crippen LogP contribution in [-0.4, -0.2) is 5.97 Å². The van der Waals surface area contributed by atoms with E-state index in [0.717, 1.165) is 5.56 Å². The number of carbonyl (C=O) groups is 1. The first-order chi connectivity index (χ1) is 6.74. The van der Waals surface area contributed by atoms with E-state index in [1.54, 1.807) is 11.9 Å². The van der Waals surface area contributed by atoms with Crippen molar-refractivity contribution in [3.63, 3.8) is 0 Å². The van der Waals surface area contributed by atoms with Gasteiger partial charge in [0.25, 0.3) is 0 Å². The molecule has 0 heterocycles. The minimum Gasteiger partial charge on any atom is -0.457 e. The molecule has 0 fully saturated rings. The highest BCUT2D eigenvalue weighted by Crippen LogP contribution is 2.05. The normalized spacial score (nSPS) is 11.1. The van der Waals surface area contributed by atoms with Gasteiger partial charge in [-0.3, -0.25) is 0 Å². The lowest BCUT2D eigenvalue weighted by Gasteiger charge is -2.03. The van der Waals surface area contributed by atoms with Gasteiger partial charge in [-0.1, -0.05) is 46.3 Å². The van der Waals surface area contributed by atoms with Gasteiger partial charge in [0.1, 0.15) is 6.61 Å². The lowest BCUT2D eigenvalue weighted by molar-refractivity contribution is -0.140. The van der Waals surface area contributed by atoms with Crippen LogP contribution in [0, 0.1) is 0 Å². The molecule has 0 aromatic heterocycles. The maximum Gasteiger partial charge on any atom is 0.334 e. The highest BCUT2D eigenvalue weighted by molar-refractivity contribution is 9.11. The second-order valence-electron chi connectivity index (χ2n) is 2.85. The molecule has 0 spiro atoms. The lowest BCUT2D eigenvalue weighted by Crippen LogP contribution is -2.05. The quantitative estimate of drug-likeness (QED) is 0.613. The highest BCUT2D eigenvalue weighted by Gasteiger charge is 2.04. The summed E-state index contributed by atoms with van der Waals surface area (Å²) in [6.45, 7) is 2.01. The fourth-order valence-electron chi connectivity index (χ4n) is 0.881. The van der Waals surface area contributed by atoms with Crippen molar-refractivity contribution in [3.05, 3.63) is 46.5 Å². The van der Waals surface area contributed by atoms with Crippen molar-refractivity contribution >= 4 is 21.9 Å². The third-order valence-corrected chi connectivity index (χ3v) is 2.39. The van der Waals surface area contributed by atoms with Gasteiger partial charge in [0.15, 0.2) is 0 Å². The van der Waals surface area contributed by atoms with Crippen LogP contribution in [0.2, 0.25) is 0 Å². The molecule has 0 saturated heterocycles. The molecule has 0 aliphatic carbocycles. The van der Waals surface area contributed by atoms with Gasteiger partial charge in [-0.25, -0.2) is 4.79 Å². The number of carbonyl (C=O) groups excluding carboxylic acids is 1. The fourth-order valence-corrected chi connectivity index (χ4v) is 1.07. The lowest BCUT2D eigenvalue weighted by atomic mass is 10.2. The number of hydrogen-bond acceptors (Lipinski definition) is 2. The van der Waals surface area contributed by atoms with Crippen LogP contribution in [0.15, 0.2) is 40.9 Å². The minimum atomic E-state index is -0.300. The van der Waals surface area contributed by atoms with E-state index in [1.165, 1.54) is 0 Å². The minimum absolute atomic E-state index is 0.300. The van der Waals surface area contributed by atoms with E-state index in [-0.39, 0.29) is 5.97 Å². The average Bonchev–Trinajstić information content (AvgIpc) is 2.26. The van der Waals surface area contributed by atoms with Gasteiger partial charge >= 0.3 is 5.97 Å². The Kier molecular flexibility index (Phi) is 4.40. The fraction of sp³-hybridized carbons (Fsp3) is 0.182. The van der Waals surface area contributed by atoms with Crippen LogP contribution in [0.1, 0.15) is 12.5 Å². The van der Waals surface area contributed by atoms with Crippen LogP contribution < -0.4 is 0 Å². The second-order valence-corrected chi connectivity index (χ2v) is 3.31. The summed E-state index contributed by atoms with van der Waals surface area (Å²) in [4.78, 5) is 12.8. The number of benzene rings is 1. The summed E-state index contributed by atoms with van der Waals surface area (Å²) in [6.07, 6.45) is 0. The molecule has 1 rings (SSSR count). The summed E-state index contributed by atoms with van der Waals surface area (Å²) < 4.78 is 5.04. The summed E-state index contributed by atoms with van der Waals surface area (Å²) >= 11 is 3.08. The Hall–Kier alpha value is -1.09. The molecule has 0 aliphatic heterocycles. The molecular weight excluding hydrogens is 244 g/mol. The van der Waals surface area contributed by atoms with Crippen LogP contribution in [-0.2, 0) is 16.1 Å². The second kappa shape index (κ2) is 5.60. The van der Waals surface area contributed by atoms with Crippen molar-refractivity contribution in [1.82, 2.24) is 0 Å². The third-order valence-electron chi connectivity index (χ3n) is 1.70. The smallest absolute Gasteiger partial charge is 0.334 e. The Morgan fingerprint density at radius 1 is 1.43 bits per heavy atom. The van der Waals surface area contributed by atoms with Crippen molar-refractivity contribution in [3.8, 4) is 0 Å². The molecule has 14 heavy (non-hydrogen) atoms. The Labute approximate surface area is 91.7 Å². The Morgan fingerprint density at radius 2 is 2.07 bits per heavy atom. The zero-order valence-electron chi connectivity index (χ0n) is 7.87. The van der Waals surface area contributed by atoms with E-state index in [0.29, 0.717) is 12.2 Å². The molecule has 74 valence electrons. The van der Waals surface area contributed by atoms with Gasteiger partial charge in [-0.05, 0) is 17.5 Å². The van der Waals surface area contributed by atoms with Gasteiger partial charge in [-0.15, -0.1) is 0 Å². The topological polar surface area (TPSA) is 26.3 Å².